The fraction of sp³-hybridized carbons (Fsp3) is 0.600. The van der Waals surface area contributed by atoms with Crippen LogP contribution in [0, 0.1) is 13.8 Å². The minimum absolute atomic E-state index is 0.180. The molecule has 106 valence electrons. The van der Waals surface area contributed by atoms with Crippen molar-refractivity contribution in [1.29, 1.82) is 0 Å². The summed E-state index contributed by atoms with van der Waals surface area (Å²) in [4.78, 5) is 0. The van der Waals surface area contributed by atoms with Crippen LogP contribution < -0.4 is 5.32 Å². The molecule has 0 aliphatic carbocycles. The van der Waals surface area contributed by atoms with Crippen LogP contribution in [0.5, 0.6) is 5.75 Å². The standard InChI is InChI=1S/C15H23NO3/c1-11-6-13(7-12(2)14(11)17)8-16-9-15(18-3)4-5-19-10-15/h6-7,16-17H,4-5,8-10H2,1-3H3. The highest BCUT2D eigenvalue weighted by Crippen LogP contribution is 2.24. The Balaban J connectivity index is 1.92. The van der Waals surface area contributed by atoms with Crippen LogP contribution in [0.3, 0.4) is 0 Å². The van der Waals surface area contributed by atoms with Crippen LogP contribution in [-0.4, -0.2) is 37.6 Å². The molecule has 2 N–H and O–H groups in total. The van der Waals surface area contributed by atoms with Crippen molar-refractivity contribution >= 4 is 0 Å². The molecule has 1 aromatic rings. The number of aromatic hydroxyl groups is 1. The number of methoxy groups -OCH3 is 1. The maximum Gasteiger partial charge on any atom is 0.121 e. The predicted molar refractivity (Wildman–Crippen MR) is 74.5 cm³/mol. The van der Waals surface area contributed by atoms with E-state index in [2.05, 4.69) is 5.32 Å². The number of ether oxygens (including phenoxy) is 2. The Hall–Kier alpha value is -1.10. The summed E-state index contributed by atoms with van der Waals surface area (Å²) >= 11 is 0. The number of hydrogen-bond acceptors (Lipinski definition) is 4. The number of phenolic OH excluding ortho intramolecular Hbond substituents is 1. The zero-order chi connectivity index (χ0) is 13.9. The molecule has 0 amide bonds. The molecule has 1 aliphatic heterocycles. The van der Waals surface area contributed by atoms with Crippen LogP contribution in [0.1, 0.15) is 23.1 Å². The Morgan fingerprint density at radius 1 is 1.37 bits per heavy atom. The molecule has 0 aromatic heterocycles. The molecule has 0 bridgehead atoms. The van der Waals surface area contributed by atoms with E-state index in [9.17, 15) is 5.11 Å². The van der Waals surface area contributed by atoms with Crippen molar-refractivity contribution in [2.45, 2.75) is 32.4 Å². The highest BCUT2D eigenvalue weighted by molar-refractivity contribution is 5.42. The van der Waals surface area contributed by atoms with Gasteiger partial charge >= 0.3 is 0 Å². The highest BCUT2D eigenvalue weighted by atomic mass is 16.5. The van der Waals surface area contributed by atoms with Crippen LogP contribution in [0.25, 0.3) is 0 Å². The topological polar surface area (TPSA) is 50.7 Å². The lowest BCUT2D eigenvalue weighted by Gasteiger charge is -2.26. The largest absolute Gasteiger partial charge is 0.507 e. The van der Waals surface area contributed by atoms with Gasteiger partial charge in [-0.25, -0.2) is 0 Å². The minimum atomic E-state index is -0.180. The predicted octanol–water partition coefficient (Wildman–Crippen LogP) is 1.90. The summed E-state index contributed by atoms with van der Waals surface area (Å²) in [7, 11) is 1.74. The SMILES string of the molecule is COC1(CNCc2cc(C)c(O)c(C)c2)CCOC1. The van der Waals surface area contributed by atoms with Crippen LogP contribution in [0.2, 0.25) is 0 Å². The number of nitrogens with one attached hydrogen (secondary N) is 1. The van der Waals surface area contributed by atoms with Gasteiger partial charge in [-0.1, -0.05) is 12.1 Å². The van der Waals surface area contributed by atoms with Crippen molar-refractivity contribution < 1.29 is 14.6 Å². The molecule has 4 nitrogen and oxygen atoms in total. The molecule has 0 spiro atoms. The van der Waals surface area contributed by atoms with Crippen LogP contribution >= 0.6 is 0 Å². The highest BCUT2D eigenvalue weighted by Gasteiger charge is 2.34. The molecule has 1 atom stereocenters. The quantitative estimate of drug-likeness (QED) is 0.854. The Labute approximate surface area is 114 Å². The third-order valence-electron chi connectivity index (χ3n) is 3.83. The second-order valence-corrected chi connectivity index (χ2v) is 5.37. The van der Waals surface area contributed by atoms with Gasteiger partial charge in [0.15, 0.2) is 0 Å². The first kappa shape index (κ1) is 14.3. The van der Waals surface area contributed by atoms with Crippen molar-refractivity contribution in [3.8, 4) is 5.75 Å². The molecule has 4 heteroatoms. The molecular weight excluding hydrogens is 242 g/mol. The second-order valence-electron chi connectivity index (χ2n) is 5.37. The molecule has 0 radical (unpaired) electrons. The molecule has 0 saturated carbocycles. The summed E-state index contributed by atoms with van der Waals surface area (Å²) in [6.45, 7) is 6.83. The van der Waals surface area contributed by atoms with Crippen LogP contribution in [0.15, 0.2) is 12.1 Å². The van der Waals surface area contributed by atoms with Crippen molar-refractivity contribution in [2.75, 3.05) is 26.9 Å². The zero-order valence-electron chi connectivity index (χ0n) is 12.0. The summed E-state index contributed by atoms with van der Waals surface area (Å²) < 4.78 is 11.0. The molecule has 19 heavy (non-hydrogen) atoms. The molecule has 1 aromatic carbocycles. The average Bonchev–Trinajstić information content (AvgIpc) is 2.85. The molecule has 1 unspecified atom stereocenters. The number of rotatable bonds is 5. The number of phenols is 1. The van der Waals surface area contributed by atoms with E-state index in [0.29, 0.717) is 12.4 Å². The lowest BCUT2D eigenvalue weighted by molar-refractivity contribution is -0.0159. The summed E-state index contributed by atoms with van der Waals surface area (Å²) in [5, 5.41) is 13.2. The number of aryl methyl sites for hydroxylation is 2. The first-order valence-corrected chi connectivity index (χ1v) is 6.69. The fourth-order valence-corrected chi connectivity index (χ4v) is 2.54. The van der Waals surface area contributed by atoms with E-state index in [-0.39, 0.29) is 5.60 Å². The van der Waals surface area contributed by atoms with Gasteiger partial charge < -0.3 is 19.9 Å². The summed E-state index contributed by atoms with van der Waals surface area (Å²) in [6.07, 6.45) is 0.935. The van der Waals surface area contributed by atoms with Crippen LogP contribution in [-0.2, 0) is 16.0 Å². The first-order valence-electron chi connectivity index (χ1n) is 6.69. The van der Waals surface area contributed by atoms with Gasteiger partial charge in [0.1, 0.15) is 11.4 Å². The van der Waals surface area contributed by atoms with E-state index >= 15 is 0 Å². The number of benzene rings is 1. The maximum absolute atomic E-state index is 9.75. The van der Waals surface area contributed by atoms with Crippen molar-refractivity contribution in [3.05, 3.63) is 28.8 Å². The Morgan fingerprint density at radius 3 is 2.58 bits per heavy atom. The molecule has 1 saturated heterocycles. The van der Waals surface area contributed by atoms with Crippen molar-refractivity contribution in [2.24, 2.45) is 0 Å². The third-order valence-corrected chi connectivity index (χ3v) is 3.83. The molecule has 1 heterocycles. The normalized spacial score (nSPS) is 22.9. The Kier molecular flexibility index (Phi) is 4.45. The monoisotopic (exact) mass is 265 g/mol. The van der Waals surface area contributed by atoms with E-state index < -0.39 is 0 Å². The third kappa shape index (κ3) is 3.26. The van der Waals surface area contributed by atoms with Gasteiger partial charge in [0.25, 0.3) is 0 Å². The second kappa shape index (κ2) is 5.90. The smallest absolute Gasteiger partial charge is 0.121 e. The summed E-state index contributed by atoms with van der Waals surface area (Å²) in [5.41, 5.74) is 2.84. The van der Waals surface area contributed by atoms with Gasteiger partial charge in [0, 0.05) is 33.2 Å². The van der Waals surface area contributed by atoms with Gasteiger partial charge in [-0.3, -0.25) is 0 Å². The number of hydrogen-bond donors (Lipinski definition) is 2. The van der Waals surface area contributed by atoms with E-state index in [4.69, 9.17) is 9.47 Å². The lowest BCUT2D eigenvalue weighted by Crippen LogP contribution is -2.42. The van der Waals surface area contributed by atoms with Gasteiger partial charge in [-0.2, -0.15) is 0 Å². The van der Waals surface area contributed by atoms with E-state index in [0.717, 1.165) is 37.2 Å². The van der Waals surface area contributed by atoms with Crippen molar-refractivity contribution in [1.82, 2.24) is 5.32 Å². The maximum atomic E-state index is 9.75. The minimum Gasteiger partial charge on any atom is -0.507 e. The summed E-state index contributed by atoms with van der Waals surface area (Å²) in [5.74, 6) is 0.390. The van der Waals surface area contributed by atoms with E-state index in [1.807, 2.05) is 26.0 Å². The van der Waals surface area contributed by atoms with E-state index in [1.165, 1.54) is 5.56 Å². The average molecular weight is 265 g/mol. The zero-order valence-corrected chi connectivity index (χ0v) is 12.0. The van der Waals surface area contributed by atoms with Crippen molar-refractivity contribution in [3.63, 3.8) is 0 Å². The Bertz CT molecular complexity index is 416. The van der Waals surface area contributed by atoms with Gasteiger partial charge in [-0.05, 0) is 30.5 Å². The lowest BCUT2D eigenvalue weighted by atomic mass is 10.0. The molecule has 1 aliphatic rings. The summed E-state index contributed by atoms with van der Waals surface area (Å²) in [6, 6.07) is 4.03. The van der Waals surface area contributed by atoms with Gasteiger partial charge in [0.2, 0.25) is 0 Å². The fourth-order valence-electron chi connectivity index (χ4n) is 2.54. The Morgan fingerprint density at radius 2 is 2.05 bits per heavy atom. The van der Waals surface area contributed by atoms with Gasteiger partial charge in [-0.15, -0.1) is 0 Å². The molecular formula is C15H23NO3. The first-order chi connectivity index (χ1) is 9.06. The molecule has 1 fully saturated rings. The van der Waals surface area contributed by atoms with Gasteiger partial charge in [0.05, 0.1) is 6.61 Å². The van der Waals surface area contributed by atoms with Crippen LogP contribution in [0.4, 0.5) is 0 Å². The molecule has 2 rings (SSSR count). The van der Waals surface area contributed by atoms with E-state index in [1.54, 1.807) is 7.11 Å².